The van der Waals surface area contributed by atoms with Crippen LogP contribution in [-0.2, 0) is 6.54 Å². The second-order valence-corrected chi connectivity index (χ2v) is 5.77. The van der Waals surface area contributed by atoms with Crippen LogP contribution in [0, 0.1) is 0 Å². The number of rotatable bonds is 3. The molecule has 118 valence electrons. The number of nitrogens with one attached hydrogen (secondary N) is 2. The molecule has 2 aromatic heterocycles. The van der Waals surface area contributed by atoms with Crippen LogP contribution in [0.25, 0.3) is 0 Å². The molecular weight excluding hydrogens is 322 g/mol. The molecule has 0 unspecified atom stereocenters. The first-order valence-corrected chi connectivity index (χ1v) is 7.90. The third-order valence-electron chi connectivity index (χ3n) is 3.70. The van der Waals surface area contributed by atoms with Gasteiger partial charge in [0.25, 0.3) is 0 Å². The number of fused-ring (bicyclic) bond motifs is 1. The Morgan fingerprint density at radius 2 is 1.88 bits per heavy atom. The van der Waals surface area contributed by atoms with Gasteiger partial charge in [0, 0.05) is 23.6 Å². The van der Waals surface area contributed by atoms with Gasteiger partial charge in [0.1, 0.15) is 5.69 Å². The van der Waals surface area contributed by atoms with Gasteiger partial charge in [-0.2, -0.15) is 0 Å². The zero-order valence-corrected chi connectivity index (χ0v) is 13.5. The zero-order valence-electron chi connectivity index (χ0n) is 12.7. The van der Waals surface area contributed by atoms with E-state index in [9.17, 15) is 0 Å². The Morgan fingerprint density at radius 1 is 0.958 bits per heavy atom. The highest BCUT2D eigenvalue weighted by Gasteiger charge is 2.17. The van der Waals surface area contributed by atoms with Crippen molar-refractivity contribution >= 4 is 34.5 Å². The summed E-state index contributed by atoms with van der Waals surface area (Å²) in [5.41, 5.74) is 4.60. The normalized spacial score (nSPS) is 12.5. The maximum Gasteiger partial charge on any atom is 0.152 e. The van der Waals surface area contributed by atoms with Gasteiger partial charge >= 0.3 is 0 Å². The summed E-state index contributed by atoms with van der Waals surface area (Å²) in [7, 11) is 0. The van der Waals surface area contributed by atoms with Crippen LogP contribution >= 0.6 is 11.6 Å². The number of nitrogens with zero attached hydrogens (tertiary/aromatic N) is 3. The molecule has 6 heteroatoms. The molecule has 1 aliphatic rings. The quantitative estimate of drug-likeness (QED) is 0.751. The number of aromatic nitrogens is 2. The molecule has 0 saturated carbocycles. The number of aliphatic imine (C=N–C) groups is 1. The van der Waals surface area contributed by atoms with Crippen molar-refractivity contribution in [1.29, 1.82) is 0 Å². The Bertz CT molecular complexity index is 908. The highest BCUT2D eigenvalue weighted by Crippen LogP contribution is 2.29. The number of anilines is 3. The lowest BCUT2D eigenvalue weighted by atomic mass is 10.2. The zero-order chi connectivity index (χ0) is 16.4. The summed E-state index contributed by atoms with van der Waals surface area (Å²) in [6.45, 7) is 0.653. The van der Waals surface area contributed by atoms with E-state index in [0.717, 1.165) is 34.2 Å². The first-order valence-electron chi connectivity index (χ1n) is 7.52. The van der Waals surface area contributed by atoms with E-state index in [-0.39, 0.29) is 0 Å². The molecule has 0 aliphatic carbocycles. The molecule has 0 fully saturated rings. The summed E-state index contributed by atoms with van der Waals surface area (Å²) in [6, 6.07) is 13.5. The van der Waals surface area contributed by atoms with Crippen LogP contribution in [0.3, 0.4) is 0 Å². The second kappa shape index (κ2) is 6.29. The predicted octanol–water partition coefficient (Wildman–Crippen LogP) is 4.25. The van der Waals surface area contributed by atoms with Crippen LogP contribution in [-0.4, -0.2) is 15.8 Å². The summed E-state index contributed by atoms with van der Waals surface area (Å²) in [5, 5.41) is 7.15. The standard InChI is InChI=1S/C18H14ClN5/c19-15-9-13(5-6-16(15)23-14-4-2-7-20-11-14)24-18-17-12(10-22-18)3-1-8-21-17/h1-9,11,23H,10H2,(H,22,24). The molecule has 2 N–H and O–H groups in total. The van der Waals surface area contributed by atoms with Crippen molar-refractivity contribution < 1.29 is 0 Å². The third-order valence-corrected chi connectivity index (χ3v) is 4.01. The SMILES string of the molecule is Clc1cc(NC2=NCc3cccnc32)ccc1Nc1cccnc1. The topological polar surface area (TPSA) is 62.2 Å². The molecule has 4 rings (SSSR count). The Kier molecular flexibility index (Phi) is 3.84. The minimum Gasteiger partial charge on any atom is -0.353 e. The van der Waals surface area contributed by atoms with Crippen LogP contribution in [0.15, 0.2) is 66.0 Å². The van der Waals surface area contributed by atoms with Crippen LogP contribution < -0.4 is 10.6 Å². The predicted molar refractivity (Wildman–Crippen MR) is 97.1 cm³/mol. The number of hydrogen-bond acceptors (Lipinski definition) is 5. The molecule has 24 heavy (non-hydrogen) atoms. The molecule has 0 radical (unpaired) electrons. The maximum absolute atomic E-state index is 6.39. The average molecular weight is 336 g/mol. The van der Waals surface area contributed by atoms with Gasteiger partial charge in [-0.05, 0) is 36.4 Å². The molecule has 0 amide bonds. The van der Waals surface area contributed by atoms with Crippen molar-refractivity contribution in [3.8, 4) is 0 Å². The first-order chi connectivity index (χ1) is 11.8. The van der Waals surface area contributed by atoms with E-state index >= 15 is 0 Å². The molecular formula is C18H14ClN5. The van der Waals surface area contributed by atoms with E-state index in [1.807, 2.05) is 42.5 Å². The van der Waals surface area contributed by atoms with E-state index in [1.165, 1.54) is 0 Å². The Morgan fingerprint density at radius 3 is 2.71 bits per heavy atom. The van der Waals surface area contributed by atoms with Crippen LogP contribution in [0.1, 0.15) is 11.3 Å². The second-order valence-electron chi connectivity index (χ2n) is 5.36. The van der Waals surface area contributed by atoms with Crippen LogP contribution in [0.2, 0.25) is 5.02 Å². The molecule has 1 aliphatic heterocycles. The molecule has 3 aromatic rings. The van der Waals surface area contributed by atoms with Crippen molar-refractivity contribution in [3.05, 3.63) is 77.3 Å². The molecule has 0 atom stereocenters. The van der Waals surface area contributed by atoms with Gasteiger partial charge in [0.05, 0.1) is 29.1 Å². The largest absolute Gasteiger partial charge is 0.353 e. The lowest BCUT2D eigenvalue weighted by molar-refractivity contribution is 1.09. The number of halogens is 1. The Balaban J connectivity index is 1.53. The third kappa shape index (κ3) is 2.94. The minimum atomic E-state index is 0.615. The lowest BCUT2D eigenvalue weighted by Crippen LogP contribution is -2.13. The van der Waals surface area contributed by atoms with Crippen LogP contribution in [0.4, 0.5) is 17.1 Å². The summed E-state index contributed by atoms with van der Waals surface area (Å²) < 4.78 is 0. The first kappa shape index (κ1) is 14.7. The number of amidine groups is 1. The summed E-state index contributed by atoms with van der Waals surface area (Å²) in [5.74, 6) is 0.773. The Hall–Kier alpha value is -2.92. The van der Waals surface area contributed by atoms with Gasteiger partial charge in [-0.3, -0.25) is 15.0 Å². The minimum absolute atomic E-state index is 0.615. The lowest BCUT2D eigenvalue weighted by Gasteiger charge is -2.11. The number of hydrogen-bond donors (Lipinski definition) is 2. The smallest absolute Gasteiger partial charge is 0.152 e. The molecule has 5 nitrogen and oxygen atoms in total. The van der Waals surface area contributed by atoms with Gasteiger partial charge in [-0.1, -0.05) is 17.7 Å². The summed E-state index contributed by atoms with van der Waals surface area (Å²) in [6.07, 6.45) is 5.25. The molecule has 1 aromatic carbocycles. The number of pyridine rings is 2. The van der Waals surface area contributed by atoms with Crippen molar-refractivity contribution in [1.82, 2.24) is 9.97 Å². The highest BCUT2D eigenvalue weighted by molar-refractivity contribution is 6.33. The van der Waals surface area contributed by atoms with Crippen molar-refractivity contribution in [3.63, 3.8) is 0 Å². The monoisotopic (exact) mass is 335 g/mol. The van der Waals surface area contributed by atoms with E-state index < -0.39 is 0 Å². The summed E-state index contributed by atoms with van der Waals surface area (Å²) in [4.78, 5) is 13.0. The molecule has 0 saturated heterocycles. The van der Waals surface area contributed by atoms with Gasteiger partial charge in [-0.15, -0.1) is 0 Å². The Labute approximate surface area is 144 Å². The molecule has 0 bridgehead atoms. The van der Waals surface area contributed by atoms with E-state index in [2.05, 4.69) is 25.6 Å². The average Bonchev–Trinajstić information content (AvgIpc) is 3.01. The van der Waals surface area contributed by atoms with Gasteiger partial charge in [0.2, 0.25) is 0 Å². The van der Waals surface area contributed by atoms with Gasteiger partial charge in [0.15, 0.2) is 5.84 Å². The van der Waals surface area contributed by atoms with Crippen molar-refractivity contribution in [2.45, 2.75) is 6.54 Å². The summed E-state index contributed by atoms with van der Waals surface area (Å²) >= 11 is 6.39. The van der Waals surface area contributed by atoms with Gasteiger partial charge < -0.3 is 10.6 Å². The number of benzene rings is 1. The fourth-order valence-electron chi connectivity index (χ4n) is 2.54. The van der Waals surface area contributed by atoms with E-state index in [4.69, 9.17) is 11.6 Å². The highest BCUT2D eigenvalue weighted by atomic mass is 35.5. The van der Waals surface area contributed by atoms with Crippen molar-refractivity contribution in [2.24, 2.45) is 4.99 Å². The molecule has 0 spiro atoms. The van der Waals surface area contributed by atoms with Crippen molar-refractivity contribution in [2.75, 3.05) is 10.6 Å². The fourth-order valence-corrected chi connectivity index (χ4v) is 2.77. The maximum atomic E-state index is 6.39. The fraction of sp³-hybridized carbons (Fsp3) is 0.0556. The van der Waals surface area contributed by atoms with E-state index in [0.29, 0.717) is 11.6 Å². The van der Waals surface area contributed by atoms with Crippen LogP contribution in [0.5, 0.6) is 0 Å². The molecule has 3 heterocycles. The van der Waals surface area contributed by atoms with Gasteiger partial charge in [-0.25, -0.2) is 0 Å². The van der Waals surface area contributed by atoms with E-state index in [1.54, 1.807) is 18.6 Å².